The topological polar surface area (TPSA) is 38.1 Å². The fourth-order valence-electron chi connectivity index (χ4n) is 4.34. The number of aromatic nitrogens is 2. The van der Waals surface area contributed by atoms with Crippen LogP contribution in [0.2, 0.25) is 0 Å². The molecule has 1 saturated carbocycles. The van der Waals surface area contributed by atoms with E-state index >= 15 is 0 Å². The van der Waals surface area contributed by atoms with Crippen molar-refractivity contribution < 1.29 is 4.79 Å². The molecule has 2 heterocycles. The molecule has 4 heteroatoms. The van der Waals surface area contributed by atoms with E-state index in [2.05, 4.69) is 58.9 Å². The first kappa shape index (κ1) is 16.4. The highest BCUT2D eigenvalue weighted by atomic mass is 16.2. The Morgan fingerprint density at radius 3 is 2.76 bits per heavy atom. The van der Waals surface area contributed by atoms with Crippen LogP contribution in [0.5, 0.6) is 0 Å². The van der Waals surface area contributed by atoms with Gasteiger partial charge >= 0.3 is 0 Å². The third kappa shape index (κ3) is 3.22. The van der Waals surface area contributed by atoms with Gasteiger partial charge in [-0.3, -0.25) is 9.48 Å². The van der Waals surface area contributed by atoms with Crippen molar-refractivity contribution in [1.82, 2.24) is 14.7 Å². The lowest BCUT2D eigenvalue weighted by molar-refractivity contribution is -0.134. The second kappa shape index (κ2) is 6.32. The van der Waals surface area contributed by atoms with Crippen LogP contribution in [-0.2, 0) is 4.79 Å². The average Bonchev–Trinajstić information content (AvgIpc) is 3.33. The van der Waals surface area contributed by atoms with Crippen LogP contribution in [0.25, 0.3) is 0 Å². The van der Waals surface area contributed by atoms with Crippen molar-refractivity contribution in [3.63, 3.8) is 0 Å². The van der Waals surface area contributed by atoms with Crippen molar-refractivity contribution in [3.8, 4) is 0 Å². The van der Waals surface area contributed by atoms with Gasteiger partial charge in [0.2, 0.25) is 5.91 Å². The number of aryl methyl sites for hydroxylation is 3. The van der Waals surface area contributed by atoms with Crippen LogP contribution in [0.4, 0.5) is 0 Å². The monoisotopic (exact) mass is 337 g/mol. The summed E-state index contributed by atoms with van der Waals surface area (Å²) >= 11 is 0. The zero-order chi connectivity index (χ0) is 17.6. The van der Waals surface area contributed by atoms with Gasteiger partial charge in [0, 0.05) is 24.7 Å². The molecule has 1 aromatic carbocycles. The normalized spacial score (nSPS) is 25.9. The van der Waals surface area contributed by atoms with Crippen molar-refractivity contribution in [2.75, 3.05) is 13.1 Å². The molecule has 4 nitrogen and oxygen atoms in total. The standard InChI is InChI=1S/C21H27N3O/c1-14-6-4-7-17(10-14)19-12-20(19)21(25)23-9-5-8-18(13-23)24-16(3)11-15(2)22-24/h4,6-7,10-11,18-20H,5,8-9,12-13H2,1-3H3. The van der Waals surface area contributed by atoms with Crippen LogP contribution in [-0.4, -0.2) is 33.7 Å². The molecule has 2 fully saturated rings. The van der Waals surface area contributed by atoms with Crippen molar-refractivity contribution >= 4 is 5.91 Å². The van der Waals surface area contributed by atoms with E-state index < -0.39 is 0 Å². The fourth-order valence-corrected chi connectivity index (χ4v) is 4.34. The van der Waals surface area contributed by atoms with E-state index in [1.807, 2.05) is 6.92 Å². The molecule has 1 amide bonds. The average molecular weight is 337 g/mol. The molecule has 3 atom stereocenters. The zero-order valence-corrected chi connectivity index (χ0v) is 15.4. The number of hydrogen-bond acceptors (Lipinski definition) is 2. The van der Waals surface area contributed by atoms with Gasteiger partial charge in [-0.15, -0.1) is 0 Å². The number of piperidine rings is 1. The van der Waals surface area contributed by atoms with E-state index in [-0.39, 0.29) is 5.92 Å². The Morgan fingerprint density at radius 1 is 1.20 bits per heavy atom. The third-order valence-electron chi connectivity index (χ3n) is 5.68. The highest BCUT2D eigenvalue weighted by molar-refractivity contribution is 5.83. The summed E-state index contributed by atoms with van der Waals surface area (Å²) in [5, 5.41) is 4.64. The lowest BCUT2D eigenvalue weighted by Gasteiger charge is -2.33. The minimum absolute atomic E-state index is 0.181. The summed E-state index contributed by atoms with van der Waals surface area (Å²) in [5.74, 6) is 0.945. The van der Waals surface area contributed by atoms with Gasteiger partial charge in [-0.05, 0) is 57.6 Å². The SMILES string of the molecule is Cc1cccc(C2CC2C(=O)N2CCCC(n3nc(C)cc3C)C2)c1. The van der Waals surface area contributed by atoms with Gasteiger partial charge in [0.1, 0.15) is 0 Å². The first-order chi connectivity index (χ1) is 12.0. The molecule has 1 saturated heterocycles. The predicted molar refractivity (Wildman–Crippen MR) is 98.6 cm³/mol. The van der Waals surface area contributed by atoms with E-state index in [1.165, 1.54) is 16.8 Å². The maximum atomic E-state index is 13.0. The molecule has 2 aliphatic rings. The van der Waals surface area contributed by atoms with Crippen LogP contribution >= 0.6 is 0 Å². The van der Waals surface area contributed by atoms with Crippen molar-refractivity contribution in [1.29, 1.82) is 0 Å². The Hall–Kier alpha value is -2.10. The lowest BCUT2D eigenvalue weighted by Crippen LogP contribution is -2.42. The van der Waals surface area contributed by atoms with Gasteiger partial charge in [-0.25, -0.2) is 0 Å². The molecule has 0 radical (unpaired) electrons. The van der Waals surface area contributed by atoms with Gasteiger partial charge in [0.05, 0.1) is 11.7 Å². The molecule has 1 aliphatic heterocycles. The number of rotatable bonds is 3. The molecule has 1 aliphatic carbocycles. The first-order valence-corrected chi connectivity index (χ1v) is 9.41. The minimum Gasteiger partial charge on any atom is -0.340 e. The largest absolute Gasteiger partial charge is 0.340 e. The van der Waals surface area contributed by atoms with E-state index in [4.69, 9.17) is 0 Å². The molecule has 2 aromatic rings. The molecule has 4 rings (SSSR count). The summed E-state index contributed by atoms with van der Waals surface area (Å²) in [7, 11) is 0. The molecule has 25 heavy (non-hydrogen) atoms. The number of likely N-dealkylation sites (tertiary alicyclic amines) is 1. The molecule has 0 N–H and O–H groups in total. The van der Waals surface area contributed by atoms with Gasteiger partial charge in [0.15, 0.2) is 0 Å². The Balaban J connectivity index is 1.43. The Kier molecular flexibility index (Phi) is 4.14. The van der Waals surface area contributed by atoms with Crippen LogP contribution in [0.15, 0.2) is 30.3 Å². The highest BCUT2D eigenvalue weighted by Gasteiger charge is 2.46. The Labute approximate surface area is 149 Å². The zero-order valence-electron chi connectivity index (χ0n) is 15.4. The van der Waals surface area contributed by atoms with Crippen LogP contribution < -0.4 is 0 Å². The van der Waals surface area contributed by atoms with E-state index in [0.717, 1.165) is 38.0 Å². The lowest BCUT2D eigenvalue weighted by atomic mass is 10.0. The van der Waals surface area contributed by atoms with Crippen LogP contribution in [0, 0.1) is 26.7 Å². The smallest absolute Gasteiger partial charge is 0.226 e. The molecule has 132 valence electrons. The minimum atomic E-state index is 0.181. The van der Waals surface area contributed by atoms with Gasteiger partial charge < -0.3 is 4.90 Å². The first-order valence-electron chi connectivity index (χ1n) is 9.41. The Bertz CT molecular complexity index is 794. The van der Waals surface area contributed by atoms with Crippen molar-refractivity contribution in [2.45, 2.75) is 52.0 Å². The maximum absolute atomic E-state index is 13.0. The quantitative estimate of drug-likeness (QED) is 0.855. The summed E-state index contributed by atoms with van der Waals surface area (Å²) in [4.78, 5) is 15.1. The summed E-state index contributed by atoms with van der Waals surface area (Å²) in [5.41, 5.74) is 4.85. The predicted octanol–water partition coefficient (Wildman–Crippen LogP) is 3.78. The Morgan fingerprint density at radius 2 is 2.04 bits per heavy atom. The van der Waals surface area contributed by atoms with Crippen molar-refractivity contribution in [3.05, 3.63) is 52.8 Å². The number of nitrogens with zero attached hydrogens (tertiary/aromatic N) is 3. The summed E-state index contributed by atoms with van der Waals surface area (Å²) in [6, 6.07) is 11.1. The number of hydrogen-bond donors (Lipinski definition) is 0. The van der Waals surface area contributed by atoms with Crippen LogP contribution in [0.3, 0.4) is 0 Å². The molecular formula is C21H27N3O. The van der Waals surface area contributed by atoms with E-state index in [9.17, 15) is 4.79 Å². The molecule has 0 spiro atoms. The van der Waals surface area contributed by atoms with E-state index in [1.54, 1.807) is 0 Å². The maximum Gasteiger partial charge on any atom is 0.226 e. The molecule has 1 aromatic heterocycles. The molecule has 0 bridgehead atoms. The summed E-state index contributed by atoms with van der Waals surface area (Å²) in [6.07, 6.45) is 3.18. The van der Waals surface area contributed by atoms with Gasteiger partial charge in [-0.2, -0.15) is 5.10 Å². The second-order valence-electron chi connectivity index (χ2n) is 7.81. The van der Waals surface area contributed by atoms with Crippen molar-refractivity contribution in [2.24, 2.45) is 5.92 Å². The number of carbonyl (C=O) groups excluding carboxylic acids is 1. The fraction of sp³-hybridized carbons (Fsp3) is 0.524. The third-order valence-corrected chi connectivity index (χ3v) is 5.68. The molecule has 3 unspecified atom stereocenters. The second-order valence-corrected chi connectivity index (χ2v) is 7.81. The number of carbonyl (C=O) groups is 1. The molecular weight excluding hydrogens is 310 g/mol. The number of amides is 1. The summed E-state index contributed by atoms with van der Waals surface area (Å²) in [6.45, 7) is 7.96. The highest BCUT2D eigenvalue weighted by Crippen LogP contribution is 2.49. The van der Waals surface area contributed by atoms with Gasteiger partial charge in [-0.1, -0.05) is 29.8 Å². The summed E-state index contributed by atoms with van der Waals surface area (Å²) < 4.78 is 2.12. The number of benzene rings is 1. The van der Waals surface area contributed by atoms with Gasteiger partial charge in [0.25, 0.3) is 0 Å². The van der Waals surface area contributed by atoms with Crippen LogP contribution in [0.1, 0.15) is 53.7 Å². The van der Waals surface area contributed by atoms with E-state index in [0.29, 0.717) is 17.9 Å².